The third-order valence-corrected chi connectivity index (χ3v) is 3.71. The van der Waals surface area contributed by atoms with E-state index in [4.69, 9.17) is 5.11 Å². The SMILES string of the molecule is CCc1csc(C(C)NC(=O)c2ccc(O)cn2)n1. The molecule has 1 amide bonds. The predicted octanol–water partition coefficient (Wildman–Crippen LogP) is 2.30. The molecule has 0 aromatic carbocycles. The highest BCUT2D eigenvalue weighted by Gasteiger charge is 2.15. The standard InChI is InChI=1S/C13H15N3O2S/c1-3-9-7-19-13(16-9)8(2)15-12(18)11-5-4-10(17)6-14-11/h4-8,17H,3H2,1-2H3,(H,15,18). The van der Waals surface area contributed by atoms with Crippen LogP contribution in [0.5, 0.6) is 5.75 Å². The number of hydrogen-bond donors (Lipinski definition) is 2. The van der Waals surface area contributed by atoms with Crippen molar-refractivity contribution >= 4 is 17.2 Å². The fourth-order valence-electron chi connectivity index (χ4n) is 1.54. The van der Waals surface area contributed by atoms with Gasteiger partial charge in [0.05, 0.1) is 17.9 Å². The van der Waals surface area contributed by atoms with E-state index in [1.165, 1.54) is 29.7 Å². The van der Waals surface area contributed by atoms with E-state index >= 15 is 0 Å². The Balaban J connectivity index is 2.04. The summed E-state index contributed by atoms with van der Waals surface area (Å²) in [6.07, 6.45) is 2.13. The Morgan fingerprint density at radius 3 is 2.89 bits per heavy atom. The molecule has 19 heavy (non-hydrogen) atoms. The number of thiazole rings is 1. The summed E-state index contributed by atoms with van der Waals surface area (Å²) in [4.78, 5) is 20.2. The van der Waals surface area contributed by atoms with E-state index in [0.29, 0.717) is 0 Å². The zero-order chi connectivity index (χ0) is 13.8. The molecule has 0 aliphatic rings. The lowest BCUT2D eigenvalue weighted by Crippen LogP contribution is -2.27. The maximum atomic E-state index is 11.9. The maximum absolute atomic E-state index is 11.9. The van der Waals surface area contributed by atoms with E-state index in [2.05, 4.69) is 15.3 Å². The molecule has 0 saturated carbocycles. The highest BCUT2D eigenvalue weighted by atomic mass is 32.1. The molecule has 0 radical (unpaired) electrons. The molecule has 2 N–H and O–H groups in total. The summed E-state index contributed by atoms with van der Waals surface area (Å²) in [7, 11) is 0. The van der Waals surface area contributed by atoms with Gasteiger partial charge >= 0.3 is 0 Å². The lowest BCUT2D eigenvalue weighted by molar-refractivity contribution is 0.0934. The van der Waals surface area contributed by atoms with Gasteiger partial charge in [-0.2, -0.15) is 0 Å². The number of aromatic hydroxyl groups is 1. The number of carbonyl (C=O) groups excluding carboxylic acids is 1. The van der Waals surface area contributed by atoms with Crippen LogP contribution in [-0.4, -0.2) is 21.0 Å². The number of hydrogen-bond acceptors (Lipinski definition) is 5. The molecule has 1 atom stereocenters. The van der Waals surface area contributed by atoms with Gasteiger partial charge in [-0.3, -0.25) is 4.79 Å². The van der Waals surface area contributed by atoms with E-state index in [0.717, 1.165) is 17.1 Å². The molecule has 1 unspecified atom stereocenters. The van der Waals surface area contributed by atoms with Crippen LogP contribution in [0.25, 0.3) is 0 Å². The first-order valence-corrected chi connectivity index (χ1v) is 6.88. The monoisotopic (exact) mass is 277 g/mol. The first-order valence-electron chi connectivity index (χ1n) is 6.00. The molecule has 0 bridgehead atoms. The molecule has 0 aliphatic heterocycles. The van der Waals surface area contributed by atoms with E-state index < -0.39 is 0 Å². The van der Waals surface area contributed by atoms with Crippen LogP contribution in [0.2, 0.25) is 0 Å². The molecule has 5 nitrogen and oxygen atoms in total. The third kappa shape index (κ3) is 3.29. The minimum atomic E-state index is -0.277. The minimum Gasteiger partial charge on any atom is -0.506 e. The van der Waals surface area contributed by atoms with Gasteiger partial charge in [0.1, 0.15) is 16.5 Å². The summed E-state index contributed by atoms with van der Waals surface area (Å²) in [6.45, 7) is 3.93. The molecular weight excluding hydrogens is 262 g/mol. The zero-order valence-corrected chi connectivity index (χ0v) is 11.6. The summed E-state index contributed by atoms with van der Waals surface area (Å²) < 4.78 is 0. The van der Waals surface area contributed by atoms with Crippen molar-refractivity contribution in [3.05, 3.63) is 40.1 Å². The Morgan fingerprint density at radius 2 is 2.32 bits per heavy atom. The first kappa shape index (κ1) is 13.5. The van der Waals surface area contributed by atoms with Gasteiger partial charge in [0, 0.05) is 5.38 Å². The number of amides is 1. The van der Waals surface area contributed by atoms with Crippen molar-refractivity contribution in [1.29, 1.82) is 0 Å². The van der Waals surface area contributed by atoms with E-state index in [9.17, 15) is 4.79 Å². The Kier molecular flexibility index (Phi) is 4.11. The van der Waals surface area contributed by atoms with Crippen LogP contribution in [-0.2, 0) is 6.42 Å². The van der Waals surface area contributed by atoms with E-state index in [1.807, 2.05) is 19.2 Å². The van der Waals surface area contributed by atoms with E-state index in [-0.39, 0.29) is 23.4 Å². The molecule has 0 aliphatic carbocycles. The smallest absolute Gasteiger partial charge is 0.270 e. The molecule has 2 aromatic heterocycles. The van der Waals surface area contributed by atoms with Crippen molar-refractivity contribution in [3.63, 3.8) is 0 Å². The average molecular weight is 277 g/mol. The quantitative estimate of drug-likeness (QED) is 0.899. The molecule has 100 valence electrons. The average Bonchev–Trinajstić information content (AvgIpc) is 2.88. The van der Waals surface area contributed by atoms with Crippen LogP contribution in [0.3, 0.4) is 0 Å². The molecule has 2 heterocycles. The minimum absolute atomic E-state index is 0.0390. The van der Waals surface area contributed by atoms with Crippen LogP contribution in [0.1, 0.15) is 41.1 Å². The zero-order valence-electron chi connectivity index (χ0n) is 10.8. The number of aromatic nitrogens is 2. The molecule has 0 fully saturated rings. The Morgan fingerprint density at radius 1 is 1.53 bits per heavy atom. The maximum Gasteiger partial charge on any atom is 0.270 e. The van der Waals surface area contributed by atoms with Gasteiger partial charge in [-0.1, -0.05) is 6.92 Å². The summed E-state index contributed by atoms with van der Waals surface area (Å²) >= 11 is 1.54. The second kappa shape index (κ2) is 5.79. The van der Waals surface area contributed by atoms with E-state index in [1.54, 1.807) is 0 Å². The molecular formula is C13H15N3O2S. The van der Waals surface area contributed by atoms with Gasteiger partial charge in [-0.25, -0.2) is 9.97 Å². The highest BCUT2D eigenvalue weighted by Crippen LogP contribution is 2.18. The van der Waals surface area contributed by atoms with Gasteiger partial charge in [-0.15, -0.1) is 11.3 Å². The number of pyridine rings is 1. The summed E-state index contributed by atoms with van der Waals surface area (Å²) in [5.74, 6) is -0.238. The van der Waals surface area contributed by atoms with Crippen molar-refractivity contribution in [1.82, 2.24) is 15.3 Å². The van der Waals surface area contributed by atoms with Gasteiger partial charge < -0.3 is 10.4 Å². The highest BCUT2D eigenvalue weighted by molar-refractivity contribution is 7.09. The Labute approximate surface area is 115 Å². The lowest BCUT2D eigenvalue weighted by atomic mass is 10.3. The first-order chi connectivity index (χ1) is 9.10. The molecule has 0 saturated heterocycles. The Bertz CT molecular complexity index is 566. The Hall–Kier alpha value is -1.95. The number of carbonyl (C=O) groups is 1. The van der Waals surface area contributed by atoms with Crippen LogP contribution in [0.4, 0.5) is 0 Å². The van der Waals surface area contributed by atoms with Crippen LogP contribution < -0.4 is 5.32 Å². The summed E-state index contributed by atoms with van der Waals surface area (Å²) in [5, 5.41) is 14.8. The second-order valence-electron chi connectivity index (χ2n) is 4.13. The topological polar surface area (TPSA) is 75.1 Å². The van der Waals surface area contributed by atoms with Crippen molar-refractivity contribution in [2.24, 2.45) is 0 Å². The number of nitrogens with one attached hydrogen (secondary N) is 1. The largest absolute Gasteiger partial charge is 0.506 e. The van der Waals surface area contributed by atoms with Gasteiger partial charge in [0.2, 0.25) is 0 Å². The second-order valence-corrected chi connectivity index (χ2v) is 5.02. The predicted molar refractivity (Wildman–Crippen MR) is 73.3 cm³/mol. The lowest BCUT2D eigenvalue weighted by Gasteiger charge is -2.10. The van der Waals surface area contributed by atoms with Gasteiger partial charge in [0.25, 0.3) is 5.91 Å². The fourth-order valence-corrected chi connectivity index (χ4v) is 2.45. The van der Waals surface area contributed by atoms with Gasteiger partial charge in [-0.05, 0) is 25.5 Å². The normalized spacial score (nSPS) is 12.1. The number of rotatable bonds is 4. The third-order valence-electron chi connectivity index (χ3n) is 2.63. The van der Waals surface area contributed by atoms with Crippen molar-refractivity contribution in [3.8, 4) is 5.75 Å². The van der Waals surface area contributed by atoms with Crippen LogP contribution in [0.15, 0.2) is 23.7 Å². The van der Waals surface area contributed by atoms with Crippen molar-refractivity contribution in [2.75, 3.05) is 0 Å². The van der Waals surface area contributed by atoms with Crippen molar-refractivity contribution in [2.45, 2.75) is 26.3 Å². The molecule has 2 aromatic rings. The molecule has 6 heteroatoms. The van der Waals surface area contributed by atoms with Crippen molar-refractivity contribution < 1.29 is 9.90 Å². The molecule has 0 spiro atoms. The molecule has 2 rings (SSSR count). The fraction of sp³-hybridized carbons (Fsp3) is 0.308. The van der Waals surface area contributed by atoms with Crippen LogP contribution in [0, 0.1) is 0 Å². The summed E-state index contributed by atoms with van der Waals surface area (Å²) in [5.41, 5.74) is 1.31. The number of nitrogens with zero attached hydrogens (tertiary/aromatic N) is 2. The summed E-state index contributed by atoms with van der Waals surface area (Å²) in [6, 6.07) is 2.76. The number of aryl methyl sites for hydroxylation is 1. The van der Waals surface area contributed by atoms with Crippen LogP contribution >= 0.6 is 11.3 Å². The van der Waals surface area contributed by atoms with Gasteiger partial charge in [0.15, 0.2) is 0 Å².